The second-order valence-electron chi connectivity index (χ2n) is 5.42. The number of hydrogen-bond donors (Lipinski definition) is 0. The summed E-state index contributed by atoms with van der Waals surface area (Å²) >= 11 is 0. The van der Waals surface area contributed by atoms with Crippen molar-refractivity contribution in [3.8, 4) is 5.75 Å². The highest BCUT2D eigenvalue weighted by molar-refractivity contribution is 6.10. The molecule has 0 aromatic heterocycles. The Morgan fingerprint density at radius 3 is 2.39 bits per heavy atom. The van der Waals surface area contributed by atoms with E-state index in [4.69, 9.17) is 9.47 Å². The van der Waals surface area contributed by atoms with Crippen molar-refractivity contribution in [2.24, 2.45) is 0 Å². The van der Waals surface area contributed by atoms with Crippen LogP contribution >= 0.6 is 0 Å². The summed E-state index contributed by atoms with van der Waals surface area (Å²) in [6, 6.07) is 16.4. The van der Waals surface area contributed by atoms with Crippen molar-refractivity contribution >= 4 is 5.78 Å². The predicted octanol–water partition coefficient (Wildman–Crippen LogP) is 4.63. The van der Waals surface area contributed by atoms with E-state index in [1.165, 1.54) is 0 Å². The van der Waals surface area contributed by atoms with E-state index in [-0.39, 0.29) is 5.78 Å². The van der Waals surface area contributed by atoms with Crippen LogP contribution in [-0.4, -0.2) is 18.7 Å². The first kappa shape index (κ1) is 17.0. The number of carbonyl (C=O) groups is 1. The highest BCUT2D eigenvalue weighted by Gasteiger charge is 2.17. The van der Waals surface area contributed by atoms with Crippen LogP contribution in [0.2, 0.25) is 0 Å². The van der Waals surface area contributed by atoms with Crippen LogP contribution in [0.15, 0.2) is 66.7 Å². The normalized spacial score (nSPS) is 11.7. The number of ether oxygens (including phenoxy) is 2. The maximum atomic E-state index is 12.7. The van der Waals surface area contributed by atoms with E-state index in [1.54, 1.807) is 24.3 Å². The van der Waals surface area contributed by atoms with Crippen molar-refractivity contribution < 1.29 is 14.3 Å². The third kappa shape index (κ3) is 4.80. The Balaban J connectivity index is 2.20. The van der Waals surface area contributed by atoms with Gasteiger partial charge in [-0.2, -0.15) is 0 Å². The molecule has 0 bridgehead atoms. The van der Waals surface area contributed by atoms with Gasteiger partial charge in [0.2, 0.25) is 0 Å². The van der Waals surface area contributed by atoms with Gasteiger partial charge in [0, 0.05) is 12.0 Å². The van der Waals surface area contributed by atoms with Crippen molar-refractivity contribution in [3.63, 3.8) is 0 Å². The lowest BCUT2D eigenvalue weighted by molar-refractivity contribution is -0.0729. The number of rotatable bonds is 8. The van der Waals surface area contributed by atoms with Crippen LogP contribution in [0.3, 0.4) is 0 Å². The molecule has 0 amide bonds. The fourth-order valence-corrected chi connectivity index (χ4v) is 2.11. The lowest BCUT2D eigenvalue weighted by atomic mass is 10.0. The van der Waals surface area contributed by atoms with Gasteiger partial charge in [0.25, 0.3) is 0 Å². The zero-order valence-electron chi connectivity index (χ0n) is 13.6. The summed E-state index contributed by atoms with van der Waals surface area (Å²) in [4.78, 5) is 12.7. The van der Waals surface area contributed by atoms with E-state index in [9.17, 15) is 4.79 Å². The number of benzene rings is 2. The van der Waals surface area contributed by atoms with Crippen LogP contribution in [0.4, 0.5) is 0 Å². The molecule has 23 heavy (non-hydrogen) atoms. The van der Waals surface area contributed by atoms with Crippen molar-refractivity contribution in [2.75, 3.05) is 6.61 Å². The van der Waals surface area contributed by atoms with Gasteiger partial charge in [-0.1, -0.05) is 61.5 Å². The molecule has 120 valence electrons. The summed E-state index contributed by atoms with van der Waals surface area (Å²) < 4.78 is 11.6. The zero-order valence-corrected chi connectivity index (χ0v) is 13.6. The maximum absolute atomic E-state index is 12.7. The van der Waals surface area contributed by atoms with Crippen LogP contribution in [0, 0.1) is 0 Å². The summed E-state index contributed by atoms with van der Waals surface area (Å²) in [6.07, 6.45) is 0.276. The molecule has 0 saturated carbocycles. The lowest BCUT2D eigenvalue weighted by Gasteiger charge is -2.20. The Kier molecular flexibility index (Phi) is 6.12. The van der Waals surface area contributed by atoms with E-state index in [2.05, 4.69) is 6.58 Å². The Morgan fingerprint density at radius 2 is 1.74 bits per heavy atom. The molecule has 0 saturated heterocycles. The van der Waals surface area contributed by atoms with Crippen molar-refractivity contribution in [2.45, 2.75) is 26.6 Å². The summed E-state index contributed by atoms with van der Waals surface area (Å²) in [6.45, 7) is 8.14. The van der Waals surface area contributed by atoms with Crippen LogP contribution < -0.4 is 4.74 Å². The monoisotopic (exact) mass is 310 g/mol. The molecule has 1 unspecified atom stereocenters. The number of hydrogen-bond acceptors (Lipinski definition) is 3. The highest BCUT2D eigenvalue weighted by Crippen LogP contribution is 2.23. The van der Waals surface area contributed by atoms with Crippen LogP contribution in [0.25, 0.3) is 0 Å². The van der Waals surface area contributed by atoms with Gasteiger partial charge in [0.1, 0.15) is 5.75 Å². The predicted molar refractivity (Wildman–Crippen MR) is 91.8 cm³/mol. The second kappa shape index (κ2) is 8.30. The molecule has 2 aromatic rings. The van der Waals surface area contributed by atoms with Crippen LogP contribution in [0.5, 0.6) is 5.75 Å². The Bertz CT molecular complexity index is 662. The molecule has 2 rings (SSSR count). The van der Waals surface area contributed by atoms with Crippen molar-refractivity contribution in [1.82, 2.24) is 0 Å². The zero-order chi connectivity index (χ0) is 16.7. The smallest absolute Gasteiger partial charge is 0.199 e. The molecule has 0 N–H and O–H groups in total. The Hall–Kier alpha value is -2.39. The average Bonchev–Trinajstić information content (AvgIpc) is 2.59. The summed E-state index contributed by atoms with van der Waals surface area (Å²) in [7, 11) is 0. The molecule has 1 atom stereocenters. The van der Waals surface area contributed by atoms with Crippen LogP contribution in [0.1, 0.15) is 36.2 Å². The summed E-state index contributed by atoms with van der Waals surface area (Å²) in [5.74, 6) is 0.478. The molecule has 0 heterocycles. The molecule has 3 nitrogen and oxygen atoms in total. The quantitative estimate of drug-likeness (QED) is 0.405. The fraction of sp³-hybridized carbons (Fsp3) is 0.250. The third-order valence-corrected chi connectivity index (χ3v) is 3.28. The van der Waals surface area contributed by atoms with E-state index in [0.29, 0.717) is 29.9 Å². The second-order valence-corrected chi connectivity index (χ2v) is 5.42. The van der Waals surface area contributed by atoms with Gasteiger partial charge >= 0.3 is 0 Å². The Morgan fingerprint density at radius 1 is 1.09 bits per heavy atom. The van der Waals surface area contributed by atoms with Gasteiger partial charge in [-0.05, 0) is 19.1 Å². The van der Waals surface area contributed by atoms with Crippen molar-refractivity contribution in [1.29, 1.82) is 0 Å². The molecule has 0 aliphatic heterocycles. The minimum absolute atomic E-state index is 0.0593. The minimum Gasteiger partial charge on any atom is -0.464 e. The van der Waals surface area contributed by atoms with Gasteiger partial charge in [0.05, 0.1) is 12.2 Å². The van der Waals surface area contributed by atoms with Gasteiger partial charge in [-0.3, -0.25) is 4.79 Å². The lowest BCUT2D eigenvalue weighted by Crippen LogP contribution is -2.21. The van der Waals surface area contributed by atoms with E-state index in [0.717, 1.165) is 5.57 Å². The van der Waals surface area contributed by atoms with Crippen molar-refractivity contribution in [3.05, 3.63) is 77.9 Å². The standard InChI is InChI=1S/C20H22O3/c1-4-19(22-14-15(2)3)23-18-13-9-8-12-17(18)20(21)16-10-6-5-7-11-16/h5-13,19H,2,4,14H2,1,3H3. The molecule has 0 radical (unpaired) electrons. The first-order valence-electron chi connectivity index (χ1n) is 7.73. The molecule has 0 aliphatic carbocycles. The molecule has 0 spiro atoms. The summed E-state index contributed by atoms with van der Waals surface area (Å²) in [5, 5.41) is 0. The number of carbonyl (C=O) groups excluding carboxylic acids is 1. The fourth-order valence-electron chi connectivity index (χ4n) is 2.11. The van der Waals surface area contributed by atoms with Gasteiger partial charge in [-0.15, -0.1) is 0 Å². The third-order valence-electron chi connectivity index (χ3n) is 3.28. The molecule has 0 fully saturated rings. The minimum atomic E-state index is -0.406. The van der Waals surface area contributed by atoms with E-state index in [1.807, 2.05) is 44.2 Å². The maximum Gasteiger partial charge on any atom is 0.199 e. The largest absolute Gasteiger partial charge is 0.464 e. The molecule has 2 aromatic carbocycles. The number of ketones is 1. The molecular formula is C20H22O3. The summed E-state index contributed by atoms with van der Waals surface area (Å²) in [5.41, 5.74) is 2.11. The molecular weight excluding hydrogens is 288 g/mol. The van der Waals surface area contributed by atoms with Crippen LogP contribution in [-0.2, 0) is 4.74 Å². The van der Waals surface area contributed by atoms with E-state index < -0.39 is 6.29 Å². The topological polar surface area (TPSA) is 35.5 Å². The highest BCUT2D eigenvalue weighted by atomic mass is 16.7. The molecule has 0 aliphatic rings. The van der Waals surface area contributed by atoms with Gasteiger partial charge in [0.15, 0.2) is 12.1 Å². The number of para-hydroxylation sites is 1. The first-order valence-corrected chi connectivity index (χ1v) is 7.73. The Labute approximate surface area is 137 Å². The van der Waals surface area contributed by atoms with E-state index >= 15 is 0 Å². The first-order chi connectivity index (χ1) is 11.1. The van der Waals surface area contributed by atoms with Gasteiger partial charge in [-0.25, -0.2) is 0 Å². The SMILES string of the molecule is C=C(C)COC(CC)Oc1ccccc1C(=O)c1ccccc1. The molecule has 3 heteroatoms. The van der Waals surface area contributed by atoms with Gasteiger partial charge < -0.3 is 9.47 Å². The average molecular weight is 310 g/mol.